The number of rotatable bonds is 2. The highest BCUT2D eigenvalue weighted by atomic mass is 16.5. The van der Waals surface area contributed by atoms with E-state index in [2.05, 4.69) is 4.98 Å². The molecule has 2 heterocycles. The van der Waals surface area contributed by atoms with Crippen LogP contribution in [0.3, 0.4) is 0 Å². The fraction of sp³-hybridized carbons (Fsp3) is 0.611. The molecule has 9 heteroatoms. The summed E-state index contributed by atoms with van der Waals surface area (Å²) in [6, 6.07) is -0.730. The summed E-state index contributed by atoms with van der Waals surface area (Å²) in [7, 11) is 5.73. The third-order valence-corrected chi connectivity index (χ3v) is 4.96. The number of esters is 1. The summed E-state index contributed by atoms with van der Waals surface area (Å²) in [5, 5.41) is 0. The molecule has 2 rings (SSSR count). The topological polar surface area (TPSA) is 102 Å². The van der Waals surface area contributed by atoms with Gasteiger partial charge in [-0.15, -0.1) is 0 Å². The zero-order valence-corrected chi connectivity index (χ0v) is 16.6. The number of hydrogen-bond donors (Lipinski definition) is 0. The van der Waals surface area contributed by atoms with E-state index in [4.69, 9.17) is 4.74 Å². The predicted molar refractivity (Wildman–Crippen MR) is 97.3 cm³/mol. The first-order valence-electron chi connectivity index (χ1n) is 8.81. The molecule has 1 aromatic heterocycles. The van der Waals surface area contributed by atoms with Crippen LogP contribution in [0.2, 0.25) is 0 Å². The largest absolute Gasteiger partial charge is 0.464 e. The maximum Gasteiger partial charge on any atom is 0.357 e. The predicted octanol–water partition coefficient (Wildman–Crippen LogP) is 0.671. The van der Waals surface area contributed by atoms with Gasteiger partial charge < -0.3 is 14.5 Å². The quantitative estimate of drug-likeness (QED) is 0.554. The Bertz CT molecular complexity index is 830. The van der Waals surface area contributed by atoms with E-state index in [9.17, 15) is 19.2 Å². The van der Waals surface area contributed by atoms with E-state index in [1.165, 1.54) is 49.5 Å². The van der Waals surface area contributed by atoms with Crippen molar-refractivity contribution in [2.45, 2.75) is 45.2 Å². The number of hydrogen-bond acceptors (Lipinski definition) is 6. The highest BCUT2D eigenvalue weighted by molar-refractivity contribution is 6.34. The number of ether oxygens (including phenoxy) is 1. The monoisotopic (exact) mass is 378 g/mol. The van der Waals surface area contributed by atoms with Crippen molar-refractivity contribution in [2.24, 2.45) is 0 Å². The standard InChI is InChI=1S/C18H26N4O5/c1-10-8-7-9-12(21(5)17(25)16(24)20(3)4)14-19-13(18(26)27-6)11(2)15(23)22(10)14/h10,12H,7-9H2,1-6H3. The lowest BCUT2D eigenvalue weighted by atomic mass is 10.1. The van der Waals surface area contributed by atoms with Crippen LogP contribution in [0.4, 0.5) is 0 Å². The smallest absolute Gasteiger partial charge is 0.357 e. The van der Waals surface area contributed by atoms with Crippen molar-refractivity contribution >= 4 is 17.8 Å². The number of amides is 2. The number of likely N-dealkylation sites (N-methyl/N-ethyl adjacent to an activating group) is 2. The van der Waals surface area contributed by atoms with Gasteiger partial charge in [0.1, 0.15) is 5.82 Å². The maximum absolute atomic E-state index is 12.9. The van der Waals surface area contributed by atoms with Crippen LogP contribution in [0.15, 0.2) is 4.79 Å². The number of methoxy groups -OCH3 is 1. The molecule has 0 fully saturated rings. The van der Waals surface area contributed by atoms with Crippen molar-refractivity contribution in [3.63, 3.8) is 0 Å². The molecular weight excluding hydrogens is 352 g/mol. The van der Waals surface area contributed by atoms with Crippen LogP contribution in [0.5, 0.6) is 0 Å². The molecule has 0 saturated heterocycles. The van der Waals surface area contributed by atoms with Gasteiger partial charge in [0.2, 0.25) is 0 Å². The third-order valence-electron chi connectivity index (χ3n) is 4.96. The number of carbonyl (C=O) groups excluding carboxylic acids is 3. The minimum Gasteiger partial charge on any atom is -0.464 e. The van der Waals surface area contributed by atoms with Crippen LogP contribution in [0.25, 0.3) is 0 Å². The molecule has 0 saturated carbocycles. The maximum atomic E-state index is 12.9. The lowest BCUT2D eigenvalue weighted by Crippen LogP contribution is -2.44. The summed E-state index contributed by atoms with van der Waals surface area (Å²) in [6.07, 6.45) is 2.00. The zero-order valence-electron chi connectivity index (χ0n) is 16.6. The number of nitrogens with zero attached hydrogens (tertiary/aromatic N) is 4. The molecule has 1 aromatic rings. The highest BCUT2D eigenvalue weighted by Gasteiger charge is 2.34. The number of carbonyl (C=O) groups is 3. The Labute approximate surface area is 157 Å². The van der Waals surface area contributed by atoms with Crippen LogP contribution in [0, 0.1) is 6.92 Å². The molecule has 0 aliphatic carbocycles. The van der Waals surface area contributed by atoms with Gasteiger partial charge in [-0.2, -0.15) is 0 Å². The number of aromatic nitrogens is 2. The molecule has 0 radical (unpaired) electrons. The summed E-state index contributed by atoms with van der Waals surface area (Å²) in [6.45, 7) is 3.44. The fourth-order valence-electron chi connectivity index (χ4n) is 3.31. The van der Waals surface area contributed by atoms with Gasteiger partial charge in [-0.05, 0) is 33.1 Å². The zero-order chi connectivity index (χ0) is 20.5. The summed E-state index contributed by atoms with van der Waals surface area (Å²) >= 11 is 0. The van der Waals surface area contributed by atoms with Gasteiger partial charge in [-0.3, -0.25) is 19.0 Å². The molecule has 1 aliphatic rings. The Balaban J connectivity index is 2.64. The molecule has 0 bridgehead atoms. The molecule has 2 atom stereocenters. The second-order valence-corrected chi connectivity index (χ2v) is 7.02. The van der Waals surface area contributed by atoms with Crippen molar-refractivity contribution < 1.29 is 19.1 Å². The second kappa shape index (κ2) is 7.89. The minimum absolute atomic E-state index is 0.0624. The van der Waals surface area contributed by atoms with Crippen molar-refractivity contribution in [1.82, 2.24) is 19.4 Å². The van der Waals surface area contributed by atoms with Gasteiger partial charge in [0.15, 0.2) is 5.69 Å². The van der Waals surface area contributed by atoms with Gasteiger partial charge in [0, 0.05) is 32.7 Å². The van der Waals surface area contributed by atoms with Crippen LogP contribution in [0.1, 0.15) is 60.1 Å². The van der Waals surface area contributed by atoms with Gasteiger partial charge >= 0.3 is 17.8 Å². The third kappa shape index (κ3) is 3.72. The van der Waals surface area contributed by atoms with Crippen molar-refractivity contribution in [3.05, 3.63) is 27.4 Å². The molecule has 1 aliphatic heterocycles. The van der Waals surface area contributed by atoms with E-state index in [-0.39, 0.29) is 22.9 Å². The fourth-order valence-corrected chi connectivity index (χ4v) is 3.31. The highest BCUT2D eigenvalue weighted by Crippen LogP contribution is 2.32. The van der Waals surface area contributed by atoms with E-state index in [0.29, 0.717) is 12.2 Å². The molecule has 2 amide bonds. The Hall–Kier alpha value is -2.71. The Kier molecular flexibility index (Phi) is 6.02. The van der Waals surface area contributed by atoms with E-state index >= 15 is 0 Å². The summed E-state index contributed by atoms with van der Waals surface area (Å²) in [5.74, 6) is -1.76. The summed E-state index contributed by atoms with van der Waals surface area (Å²) < 4.78 is 6.27. The molecule has 0 N–H and O–H groups in total. The first-order chi connectivity index (χ1) is 12.6. The van der Waals surface area contributed by atoms with E-state index in [1.807, 2.05) is 6.92 Å². The lowest BCUT2D eigenvalue weighted by Gasteiger charge is -2.29. The molecule has 27 heavy (non-hydrogen) atoms. The van der Waals surface area contributed by atoms with Crippen molar-refractivity contribution in [3.8, 4) is 0 Å². The molecular formula is C18H26N4O5. The van der Waals surface area contributed by atoms with Crippen LogP contribution in [-0.4, -0.2) is 65.4 Å². The summed E-state index contributed by atoms with van der Waals surface area (Å²) in [4.78, 5) is 56.6. The average molecular weight is 378 g/mol. The normalized spacial score (nSPS) is 18.9. The van der Waals surface area contributed by atoms with Crippen LogP contribution < -0.4 is 5.56 Å². The van der Waals surface area contributed by atoms with Crippen LogP contribution in [-0.2, 0) is 14.3 Å². The first-order valence-corrected chi connectivity index (χ1v) is 8.81. The average Bonchev–Trinajstić information content (AvgIpc) is 2.80. The number of fused-ring (bicyclic) bond motifs is 1. The lowest BCUT2D eigenvalue weighted by molar-refractivity contribution is -0.151. The van der Waals surface area contributed by atoms with Gasteiger partial charge in [-0.1, -0.05) is 0 Å². The minimum atomic E-state index is -0.706. The van der Waals surface area contributed by atoms with Gasteiger partial charge in [0.05, 0.1) is 13.2 Å². The van der Waals surface area contributed by atoms with Gasteiger partial charge in [0.25, 0.3) is 5.56 Å². The van der Waals surface area contributed by atoms with E-state index in [0.717, 1.165) is 12.8 Å². The molecule has 9 nitrogen and oxygen atoms in total. The van der Waals surface area contributed by atoms with Crippen molar-refractivity contribution in [2.75, 3.05) is 28.3 Å². The van der Waals surface area contributed by atoms with E-state index in [1.54, 1.807) is 0 Å². The molecule has 0 spiro atoms. The van der Waals surface area contributed by atoms with Crippen LogP contribution >= 0.6 is 0 Å². The Morgan fingerprint density at radius 1 is 1.15 bits per heavy atom. The Morgan fingerprint density at radius 3 is 2.33 bits per heavy atom. The van der Waals surface area contributed by atoms with E-state index < -0.39 is 23.8 Å². The Morgan fingerprint density at radius 2 is 1.78 bits per heavy atom. The molecule has 148 valence electrons. The summed E-state index contributed by atoms with van der Waals surface area (Å²) in [5.41, 5.74) is -0.191. The first kappa shape index (κ1) is 20.6. The van der Waals surface area contributed by atoms with Crippen molar-refractivity contribution in [1.29, 1.82) is 0 Å². The second-order valence-electron chi connectivity index (χ2n) is 7.02. The SMILES string of the molecule is COC(=O)c1nc2n(c(=O)c1C)C(C)CCCC2N(C)C(=O)C(=O)N(C)C. The molecule has 0 aromatic carbocycles. The molecule has 2 unspecified atom stereocenters. The van der Waals surface area contributed by atoms with Gasteiger partial charge in [-0.25, -0.2) is 9.78 Å².